The molecule has 0 radical (unpaired) electrons. The van der Waals surface area contributed by atoms with Crippen LogP contribution >= 0.6 is 21.6 Å². The quantitative estimate of drug-likeness (QED) is 0.143. The van der Waals surface area contributed by atoms with Crippen molar-refractivity contribution in [1.29, 1.82) is 0 Å². The second kappa shape index (κ2) is 12.2. The lowest BCUT2D eigenvalue weighted by atomic mass is 9.89. The third kappa shape index (κ3) is 6.33. The Morgan fingerprint density at radius 2 is 1.33 bits per heavy atom. The van der Waals surface area contributed by atoms with Crippen LogP contribution in [-0.4, -0.2) is 80.3 Å². The van der Waals surface area contributed by atoms with Gasteiger partial charge in [0.1, 0.15) is 12.1 Å². The fourth-order valence-electron chi connectivity index (χ4n) is 1.40. The van der Waals surface area contributed by atoms with Crippen LogP contribution in [0.15, 0.2) is 0 Å². The summed E-state index contributed by atoms with van der Waals surface area (Å²) in [6.07, 6.45) is 0. The third-order valence-corrected chi connectivity index (χ3v) is 5.79. The van der Waals surface area contributed by atoms with Gasteiger partial charge in [-0.1, -0.05) is 21.6 Å². The number of hydrogen-bond donors (Lipinski definition) is 6. The zero-order valence-corrected chi connectivity index (χ0v) is 14.1. The van der Waals surface area contributed by atoms with Crippen molar-refractivity contribution in [3.05, 3.63) is 0 Å². The molecule has 14 heteroatoms. The molecule has 2 atom stereocenters. The second-order valence-corrected chi connectivity index (χ2v) is 6.71. The van der Waals surface area contributed by atoms with Crippen molar-refractivity contribution in [2.24, 2.45) is 22.9 Å². The molecule has 0 bridgehead atoms. The summed E-state index contributed by atoms with van der Waals surface area (Å²) in [4.78, 5) is 45.9. The lowest BCUT2D eigenvalue weighted by Gasteiger charge is -2.32. The first-order valence-corrected chi connectivity index (χ1v) is 8.21. The molecule has 0 unspecified atom stereocenters. The first-order chi connectivity index (χ1) is 10.1. The molecule has 0 heterocycles. The van der Waals surface area contributed by atoms with Crippen LogP contribution in [0.5, 0.6) is 0 Å². The van der Waals surface area contributed by atoms with Crippen LogP contribution in [0, 0.1) is 0 Å². The van der Waals surface area contributed by atoms with E-state index in [0.29, 0.717) is 10.8 Å². The number of carboxylic acid groups (broad SMARTS) is 2. The van der Waals surface area contributed by atoms with Crippen molar-refractivity contribution in [3.63, 3.8) is 0 Å². The van der Waals surface area contributed by atoms with Gasteiger partial charge in [-0.05, 0) is 0 Å². The number of ketones is 2. The maximum absolute atomic E-state index is 12.1. The molecule has 0 rings (SSSR count). The van der Waals surface area contributed by atoms with Crippen molar-refractivity contribution >= 4 is 45.1 Å². The van der Waals surface area contributed by atoms with E-state index in [0.717, 1.165) is 10.8 Å². The Balaban J connectivity index is -0.00000220. The van der Waals surface area contributed by atoms with E-state index in [1.807, 2.05) is 0 Å². The molecule has 0 aliphatic rings. The SMILES string of the molecule is NCC(=O)C(SSC[C@H](N)C(=O)O)(C(=O)CN)[C@H](N)C(=O)O.O.O. The molecule has 0 spiro atoms. The number of carbonyl (C=O) groups is 4. The fraction of sp³-hybridized carbons (Fsp3) is 0.600. The van der Waals surface area contributed by atoms with E-state index in [1.165, 1.54) is 0 Å². The van der Waals surface area contributed by atoms with Gasteiger partial charge in [-0.3, -0.25) is 19.2 Å². The molecule has 0 amide bonds. The van der Waals surface area contributed by atoms with Gasteiger partial charge in [-0.2, -0.15) is 0 Å². The number of nitrogens with two attached hydrogens (primary N) is 4. The smallest absolute Gasteiger partial charge is 0.322 e. The number of Topliss-reactive ketones (excluding diaryl/α,β-unsaturated/α-hetero) is 2. The Kier molecular flexibility index (Phi) is 14.0. The van der Waals surface area contributed by atoms with Crippen LogP contribution in [0.2, 0.25) is 0 Å². The molecule has 0 saturated heterocycles. The highest BCUT2D eigenvalue weighted by Crippen LogP contribution is 2.40. The minimum absolute atomic E-state index is 0. The Bertz CT molecular complexity index is 448. The highest BCUT2D eigenvalue weighted by Gasteiger charge is 2.53. The molecule has 12 nitrogen and oxygen atoms in total. The van der Waals surface area contributed by atoms with Crippen LogP contribution in [0.3, 0.4) is 0 Å². The normalized spacial score (nSPS) is 13.0. The average molecular weight is 390 g/mol. The van der Waals surface area contributed by atoms with E-state index in [9.17, 15) is 19.2 Å². The molecular weight excluding hydrogens is 368 g/mol. The summed E-state index contributed by atoms with van der Waals surface area (Å²) in [5, 5.41) is 17.7. The summed E-state index contributed by atoms with van der Waals surface area (Å²) in [5.74, 6) is -4.85. The molecule has 0 fully saturated rings. The largest absolute Gasteiger partial charge is 0.480 e. The monoisotopic (exact) mass is 390 g/mol. The van der Waals surface area contributed by atoms with E-state index in [1.54, 1.807) is 0 Å². The summed E-state index contributed by atoms with van der Waals surface area (Å²) < 4.78 is -2.20. The zero-order valence-electron chi connectivity index (χ0n) is 12.4. The highest BCUT2D eigenvalue weighted by molar-refractivity contribution is 8.77. The molecule has 0 aromatic heterocycles. The van der Waals surface area contributed by atoms with E-state index < -0.39 is 53.4 Å². The Morgan fingerprint density at radius 1 is 0.917 bits per heavy atom. The van der Waals surface area contributed by atoms with Gasteiger partial charge in [0.15, 0.2) is 16.3 Å². The molecule has 0 aromatic rings. The summed E-state index contributed by atoms with van der Waals surface area (Å²) in [7, 11) is 1.27. The van der Waals surface area contributed by atoms with Gasteiger partial charge in [-0.15, -0.1) is 0 Å². The molecule has 14 N–H and O–H groups in total. The predicted molar refractivity (Wildman–Crippen MR) is 89.4 cm³/mol. The lowest BCUT2D eigenvalue weighted by Crippen LogP contribution is -2.63. The van der Waals surface area contributed by atoms with Gasteiger partial charge in [0.25, 0.3) is 0 Å². The second-order valence-electron chi connectivity index (χ2n) is 4.12. The topological polar surface area (TPSA) is 276 Å². The van der Waals surface area contributed by atoms with Crippen LogP contribution in [0.25, 0.3) is 0 Å². The van der Waals surface area contributed by atoms with Crippen LogP contribution < -0.4 is 22.9 Å². The number of rotatable bonds is 11. The molecule has 0 aliphatic carbocycles. The first-order valence-electron chi connectivity index (χ1n) is 5.89. The van der Waals surface area contributed by atoms with Crippen molar-refractivity contribution in [2.75, 3.05) is 18.8 Å². The Hall–Kier alpha value is -1.26. The van der Waals surface area contributed by atoms with Crippen molar-refractivity contribution in [3.8, 4) is 0 Å². The molecule has 142 valence electrons. The van der Waals surface area contributed by atoms with Gasteiger partial charge in [0.2, 0.25) is 0 Å². The van der Waals surface area contributed by atoms with E-state index >= 15 is 0 Å². The standard InChI is InChI=1S/C10H18N4O6S2.2H2O/c11-1-5(15)10(6(16)2-12,7(14)9(19)20)22-21-3-4(13)8(17)18;;/h4,7H,1-3,11-14H2,(H,17,18)(H,19,20);2*1H2/t4-,7+;;/m0../s1. The van der Waals surface area contributed by atoms with Crippen LogP contribution in [0.1, 0.15) is 0 Å². The van der Waals surface area contributed by atoms with Gasteiger partial charge < -0.3 is 44.1 Å². The number of carboxylic acids is 2. The summed E-state index contributed by atoms with van der Waals surface area (Å²) in [5.41, 5.74) is 21.3. The van der Waals surface area contributed by atoms with Gasteiger partial charge >= 0.3 is 11.9 Å². The minimum atomic E-state index is -2.20. The van der Waals surface area contributed by atoms with Gasteiger partial charge in [-0.25, -0.2) is 0 Å². The van der Waals surface area contributed by atoms with E-state index in [-0.39, 0.29) is 16.7 Å². The lowest BCUT2D eigenvalue weighted by molar-refractivity contribution is -0.144. The zero-order chi connectivity index (χ0) is 17.5. The van der Waals surface area contributed by atoms with Crippen molar-refractivity contribution in [2.45, 2.75) is 16.8 Å². The van der Waals surface area contributed by atoms with Crippen molar-refractivity contribution < 1.29 is 40.3 Å². The Labute approximate surface area is 144 Å². The van der Waals surface area contributed by atoms with Crippen LogP contribution in [0.4, 0.5) is 0 Å². The molecular formula is C10H22N4O8S2. The summed E-state index contributed by atoms with van der Waals surface area (Å²) in [6.45, 7) is -1.24. The maximum Gasteiger partial charge on any atom is 0.322 e. The maximum atomic E-state index is 12.1. The number of carbonyl (C=O) groups excluding carboxylic acids is 2. The van der Waals surface area contributed by atoms with Crippen LogP contribution in [-0.2, 0) is 19.2 Å². The average Bonchev–Trinajstić information content (AvgIpc) is 2.48. The number of hydrogen-bond acceptors (Lipinski definition) is 10. The molecule has 0 aliphatic heterocycles. The third-order valence-electron chi connectivity index (χ3n) is 2.66. The van der Waals surface area contributed by atoms with Gasteiger partial charge in [0.05, 0.1) is 13.1 Å². The van der Waals surface area contributed by atoms with Crippen molar-refractivity contribution in [1.82, 2.24) is 0 Å². The predicted octanol–water partition coefficient (Wildman–Crippen LogP) is -4.66. The van der Waals surface area contributed by atoms with E-state index in [4.69, 9.17) is 33.1 Å². The summed E-state index contributed by atoms with van der Waals surface area (Å²) >= 11 is 0. The molecule has 0 saturated carbocycles. The molecule has 0 aromatic carbocycles. The first kappa shape index (κ1) is 27.6. The van der Waals surface area contributed by atoms with E-state index in [2.05, 4.69) is 0 Å². The summed E-state index contributed by atoms with van der Waals surface area (Å²) in [6, 6.07) is -3.13. The Morgan fingerprint density at radius 3 is 1.62 bits per heavy atom. The minimum Gasteiger partial charge on any atom is -0.480 e. The highest BCUT2D eigenvalue weighted by atomic mass is 33.1. The fourth-order valence-corrected chi connectivity index (χ4v) is 4.57. The number of aliphatic carboxylic acids is 2. The molecule has 24 heavy (non-hydrogen) atoms. The van der Waals surface area contributed by atoms with Gasteiger partial charge in [0, 0.05) is 5.75 Å².